The van der Waals surface area contributed by atoms with Crippen molar-refractivity contribution in [3.8, 4) is 0 Å². The Morgan fingerprint density at radius 3 is 2.42 bits per heavy atom. The average Bonchev–Trinajstić information content (AvgIpc) is 2.81. The molecule has 33 heavy (non-hydrogen) atoms. The molecule has 0 unspecified atom stereocenters. The van der Waals surface area contributed by atoms with Gasteiger partial charge in [0.05, 0.1) is 6.33 Å². The molecule has 172 valence electrons. The van der Waals surface area contributed by atoms with Crippen molar-refractivity contribution < 1.29 is 4.79 Å². The molecule has 0 atom stereocenters. The molecule has 1 fully saturated rings. The van der Waals surface area contributed by atoms with E-state index in [1.807, 2.05) is 25.1 Å². The number of nitrogens with one attached hydrogen (secondary N) is 2. The molecule has 1 aliphatic rings. The number of hydrogen-bond donors (Lipinski definition) is 2. The number of nitrogens with zero attached hydrogens (tertiary/aromatic N) is 5. The third kappa shape index (κ3) is 5.54. The summed E-state index contributed by atoms with van der Waals surface area (Å²) in [6, 6.07) is 9.27. The number of hydrogen-bond acceptors (Lipinski definition) is 7. The van der Waals surface area contributed by atoms with Crippen LogP contribution < -0.4 is 21.1 Å². The number of anilines is 4. The SMILES string of the molecule is Cc1cc(Nc2ccc(NC(=O)Cn3cnc(C)c(C)c3=O)cc2)nc(N2CCCCC2)n1. The number of aromatic nitrogens is 4. The van der Waals surface area contributed by atoms with Gasteiger partial charge in [-0.3, -0.25) is 14.2 Å². The van der Waals surface area contributed by atoms with Crippen LogP contribution in [0.2, 0.25) is 0 Å². The van der Waals surface area contributed by atoms with Crippen LogP contribution in [-0.4, -0.2) is 38.5 Å². The summed E-state index contributed by atoms with van der Waals surface area (Å²) < 4.78 is 1.31. The predicted octanol–water partition coefficient (Wildman–Crippen LogP) is 3.33. The minimum atomic E-state index is -0.291. The van der Waals surface area contributed by atoms with E-state index in [2.05, 4.69) is 30.5 Å². The third-order valence-corrected chi connectivity index (χ3v) is 5.75. The average molecular weight is 448 g/mol. The van der Waals surface area contributed by atoms with Crippen LogP contribution in [0.1, 0.15) is 36.2 Å². The van der Waals surface area contributed by atoms with Crippen molar-refractivity contribution in [2.75, 3.05) is 28.6 Å². The van der Waals surface area contributed by atoms with Gasteiger partial charge in [-0.2, -0.15) is 4.98 Å². The highest BCUT2D eigenvalue weighted by molar-refractivity contribution is 5.90. The van der Waals surface area contributed by atoms with E-state index < -0.39 is 0 Å². The first-order chi connectivity index (χ1) is 15.9. The van der Waals surface area contributed by atoms with Crippen LogP contribution in [-0.2, 0) is 11.3 Å². The Morgan fingerprint density at radius 2 is 1.70 bits per heavy atom. The van der Waals surface area contributed by atoms with Gasteiger partial charge in [0.15, 0.2) is 0 Å². The molecule has 3 aromatic rings. The Balaban J connectivity index is 1.39. The van der Waals surface area contributed by atoms with Crippen molar-refractivity contribution in [1.29, 1.82) is 0 Å². The van der Waals surface area contributed by atoms with Gasteiger partial charge in [-0.15, -0.1) is 0 Å². The Labute approximate surface area is 192 Å². The van der Waals surface area contributed by atoms with Crippen LogP contribution in [0, 0.1) is 20.8 Å². The number of carbonyl (C=O) groups is 1. The van der Waals surface area contributed by atoms with Gasteiger partial charge < -0.3 is 15.5 Å². The quantitative estimate of drug-likeness (QED) is 0.597. The lowest BCUT2D eigenvalue weighted by Gasteiger charge is -2.27. The van der Waals surface area contributed by atoms with Crippen molar-refractivity contribution in [2.24, 2.45) is 0 Å². The Bertz CT molecular complexity index is 1200. The molecule has 1 amide bonds. The first kappa shape index (κ1) is 22.4. The normalized spacial score (nSPS) is 13.6. The van der Waals surface area contributed by atoms with Crippen LogP contribution in [0.5, 0.6) is 0 Å². The summed E-state index contributed by atoms with van der Waals surface area (Å²) in [6.45, 7) is 7.33. The number of amides is 1. The fraction of sp³-hybridized carbons (Fsp3) is 0.375. The zero-order chi connectivity index (χ0) is 23.4. The van der Waals surface area contributed by atoms with Gasteiger partial charge in [0.1, 0.15) is 12.4 Å². The molecule has 1 saturated heterocycles. The van der Waals surface area contributed by atoms with Crippen molar-refractivity contribution in [3.05, 3.63) is 64.0 Å². The molecule has 0 radical (unpaired) electrons. The Morgan fingerprint density at radius 1 is 1.00 bits per heavy atom. The van der Waals surface area contributed by atoms with Crippen molar-refractivity contribution >= 4 is 29.0 Å². The molecule has 0 bridgehead atoms. The second kappa shape index (κ2) is 9.81. The Kier molecular flexibility index (Phi) is 6.67. The molecule has 3 heterocycles. The van der Waals surface area contributed by atoms with E-state index in [1.165, 1.54) is 30.2 Å². The predicted molar refractivity (Wildman–Crippen MR) is 129 cm³/mol. The number of piperidine rings is 1. The summed E-state index contributed by atoms with van der Waals surface area (Å²) in [5.74, 6) is 1.21. The molecule has 9 nitrogen and oxygen atoms in total. The smallest absolute Gasteiger partial charge is 0.256 e. The highest BCUT2D eigenvalue weighted by Gasteiger charge is 2.15. The van der Waals surface area contributed by atoms with E-state index in [9.17, 15) is 9.59 Å². The molecule has 4 rings (SSSR count). The molecule has 2 aromatic heterocycles. The molecule has 0 spiro atoms. The third-order valence-electron chi connectivity index (χ3n) is 5.75. The molecule has 9 heteroatoms. The van der Waals surface area contributed by atoms with E-state index in [0.29, 0.717) is 16.9 Å². The zero-order valence-electron chi connectivity index (χ0n) is 19.3. The van der Waals surface area contributed by atoms with Crippen LogP contribution in [0.25, 0.3) is 0 Å². The van der Waals surface area contributed by atoms with Crippen molar-refractivity contribution in [1.82, 2.24) is 19.5 Å². The van der Waals surface area contributed by atoms with Crippen molar-refractivity contribution in [2.45, 2.75) is 46.6 Å². The largest absolute Gasteiger partial charge is 0.341 e. The lowest BCUT2D eigenvalue weighted by atomic mass is 10.1. The lowest BCUT2D eigenvalue weighted by Crippen LogP contribution is -2.31. The zero-order valence-corrected chi connectivity index (χ0v) is 19.3. The fourth-order valence-electron chi connectivity index (χ4n) is 3.78. The van der Waals surface area contributed by atoms with Crippen LogP contribution in [0.3, 0.4) is 0 Å². The lowest BCUT2D eigenvalue weighted by molar-refractivity contribution is -0.116. The molecule has 0 saturated carbocycles. The van der Waals surface area contributed by atoms with E-state index in [0.717, 1.165) is 36.2 Å². The Hall–Kier alpha value is -3.75. The standard InChI is InChI=1S/C24H29N7O2/c1-16-13-21(29-24(26-16)30-11-5-4-6-12-30)27-19-7-9-20(10-8-19)28-22(32)14-31-15-25-18(3)17(2)23(31)33/h7-10,13,15H,4-6,11-12,14H2,1-3H3,(H,28,32)(H,26,27,29). The topological polar surface area (TPSA) is 105 Å². The molecule has 2 N–H and O–H groups in total. The minimum Gasteiger partial charge on any atom is -0.341 e. The second-order valence-corrected chi connectivity index (χ2v) is 8.38. The van der Waals surface area contributed by atoms with Gasteiger partial charge in [0.2, 0.25) is 11.9 Å². The summed E-state index contributed by atoms with van der Waals surface area (Å²) in [4.78, 5) is 40.3. The van der Waals surface area contributed by atoms with Crippen molar-refractivity contribution in [3.63, 3.8) is 0 Å². The monoisotopic (exact) mass is 447 g/mol. The fourth-order valence-corrected chi connectivity index (χ4v) is 3.78. The van der Waals surface area contributed by atoms with Crippen LogP contribution in [0.4, 0.5) is 23.1 Å². The maximum Gasteiger partial charge on any atom is 0.256 e. The summed E-state index contributed by atoms with van der Waals surface area (Å²) in [5.41, 5.74) is 3.41. The van der Waals surface area contributed by atoms with E-state index >= 15 is 0 Å². The van der Waals surface area contributed by atoms with Gasteiger partial charge in [0.25, 0.3) is 5.56 Å². The summed E-state index contributed by atoms with van der Waals surface area (Å²) in [6.07, 6.45) is 5.00. The molecule has 1 aliphatic heterocycles. The number of rotatable bonds is 6. The van der Waals surface area contributed by atoms with Gasteiger partial charge >= 0.3 is 0 Å². The molecule has 0 aliphatic carbocycles. The minimum absolute atomic E-state index is 0.0908. The van der Waals surface area contributed by atoms with Crippen LogP contribution in [0.15, 0.2) is 41.5 Å². The number of benzene rings is 1. The molecular formula is C24H29N7O2. The first-order valence-corrected chi connectivity index (χ1v) is 11.2. The molecular weight excluding hydrogens is 418 g/mol. The van der Waals surface area contributed by atoms with E-state index in [1.54, 1.807) is 26.0 Å². The van der Waals surface area contributed by atoms with Crippen LogP contribution >= 0.6 is 0 Å². The number of carbonyl (C=O) groups excluding carboxylic acids is 1. The highest BCUT2D eigenvalue weighted by atomic mass is 16.2. The maximum absolute atomic E-state index is 12.4. The van der Waals surface area contributed by atoms with Gasteiger partial charge in [-0.1, -0.05) is 0 Å². The number of aryl methyl sites for hydroxylation is 2. The summed E-state index contributed by atoms with van der Waals surface area (Å²) >= 11 is 0. The first-order valence-electron chi connectivity index (χ1n) is 11.2. The highest BCUT2D eigenvalue weighted by Crippen LogP contribution is 2.22. The second-order valence-electron chi connectivity index (χ2n) is 8.38. The van der Waals surface area contributed by atoms with Gasteiger partial charge in [-0.05, 0) is 64.3 Å². The summed E-state index contributed by atoms with van der Waals surface area (Å²) in [5, 5.41) is 6.14. The van der Waals surface area contributed by atoms with Gasteiger partial charge in [-0.25, -0.2) is 9.97 Å². The maximum atomic E-state index is 12.4. The van der Waals surface area contributed by atoms with E-state index in [4.69, 9.17) is 0 Å². The van der Waals surface area contributed by atoms with Gasteiger partial charge in [0, 0.05) is 47.5 Å². The molecule has 1 aromatic carbocycles. The van der Waals surface area contributed by atoms with E-state index in [-0.39, 0.29) is 18.0 Å². The summed E-state index contributed by atoms with van der Waals surface area (Å²) in [7, 11) is 0.